The topological polar surface area (TPSA) is 12.0 Å². The van der Waals surface area contributed by atoms with Crippen molar-refractivity contribution in [3.05, 3.63) is 55.7 Å². The molecule has 1 aromatic carbocycles. The maximum Gasteiger partial charge on any atom is 0.0702 e. The second-order valence-corrected chi connectivity index (χ2v) is 6.70. The molecule has 90 valence electrons. The van der Waals surface area contributed by atoms with Gasteiger partial charge in [-0.25, -0.2) is 0 Å². The number of aryl methyl sites for hydroxylation is 2. The molecular formula is C14H16BrNS. The van der Waals surface area contributed by atoms with E-state index in [2.05, 4.69) is 65.4 Å². The summed E-state index contributed by atoms with van der Waals surface area (Å²) >= 11 is 5.30. The summed E-state index contributed by atoms with van der Waals surface area (Å²) in [5.41, 5.74) is 4.01. The van der Waals surface area contributed by atoms with E-state index >= 15 is 0 Å². The van der Waals surface area contributed by atoms with Crippen LogP contribution < -0.4 is 5.32 Å². The van der Waals surface area contributed by atoms with Crippen molar-refractivity contribution in [3.8, 4) is 0 Å². The van der Waals surface area contributed by atoms with E-state index in [0.29, 0.717) is 0 Å². The molecule has 0 saturated carbocycles. The first-order valence-corrected chi connectivity index (χ1v) is 7.22. The van der Waals surface area contributed by atoms with Crippen LogP contribution in [0.4, 0.5) is 0 Å². The molecule has 0 radical (unpaired) electrons. The quantitative estimate of drug-likeness (QED) is 0.884. The zero-order chi connectivity index (χ0) is 12.4. The van der Waals surface area contributed by atoms with Gasteiger partial charge in [0.2, 0.25) is 0 Å². The molecular weight excluding hydrogens is 294 g/mol. The van der Waals surface area contributed by atoms with Gasteiger partial charge >= 0.3 is 0 Å². The largest absolute Gasteiger partial charge is 0.309 e. The fourth-order valence-corrected chi connectivity index (χ4v) is 3.46. The van der Waals surface area contributed by atoms with Gasteiger partial charge in [0.25, 0.3) is 0 Å². The van der Waals surface area contributed by atoms with Gasteiger partial charge in [0.15, 0.2) is 0 Å². The number of benzene rings is 1. The lowest BCUT2D eigenvalue weighted by Crippen LogP contribution is -2.16. The van der Waals surface area contributed by atoms with Crippen molar-refractivity contribution in [3.63, 3.8) is 0 Å². The SMILES string of the molecule is CNC(c1ccc(C)c(C)c1)c1ccc(Br)s1. The van der Waals surface area contributed by atoms with Gasteiger partial charge in [0.1, 0.15) is 0 Å². The fraction of sp³-hybridized carbons (Fsp3) is 0.286. The first kappa shape index (κ1) is 12.8. The van der Waals surface area contributed by atoms with Crippen LogP contribution in [0.15, 0.2) is 34.1 Å². The first-order valence-electron chi connectivity index (χ1n) is 5.61. The predicted octanol–water partition coefficient (Wildman–Crippen LogP) is 4.44. The van der Waals surface area contributed by atoms with E-state index in [4.69, 9.17) is 0 Å². The molecule has 1 unspecified atom stereocenters. The van der Waals surface area contributed by atoms with E-state index in [9.17, 15) is 0 Å². The molecule has 0 saturated heterocycles. The van der Waals surface area contributed by atoms with Gasteiger partial charge in [-0.05, 0) is 65.6 Å². The fourth-order valence-electron chi connectivity index (χ4n) is 1.90. The highest BCUT2D eigenvalue weighted by Gasteiger charge is 2.14. The second kappa shape index (κ2) is 5.34. The minimum Gasteiger partial charge on any atom is -0.309 e. The van der Waals surface area contributed by atoms with Gasteiger partial charge in [-0.2, -0.15) is 0 Å². The molecule has 0 amide bonds. The van der Waals surface area contributed by atoms with Crippen molar-refractivity contribution >= 4 is 27.3 Å². The third kappa shape index (κ3) is 2.79. The Labute approximate surface area is 115 Å². The van der Waals surface area contributed by atoms with Gasteiger partial charge in [0.05, 0.1) is 9.83 Å². The molecule has 2 aromatic rings. The number of halogens is 1. The predicted molar refractivity (Wildman–Crippen MR) is 78.8 cm³/mol. The first-order chi connectivity index (χ1) is 8.11. The van der Waals surface area contributed by atoms with Gasteiger partial charge in [0, 0.05) is 4.88 Å². The maximum absolute atomic E-state index is 3.52. The summed E-state index contributed by atoms with van der Waals surface area (Å²) in [6.45, 7) is 4.31. The minimum atomic E-state index is 0.283. The van der Waals surface area contributed by atoms with Gasteiger partial charge < -0.3 is 5.32 Å². The Hall–Kier alpha value is -0.640. The standard InChI is InChI=1S/C14H16BrNS/c1-9-4-5-11(8-10(9)2)14(16-3)12-6-7-13(15)17-12/h4-8,14,16H,1-3H3. The highest BCUT2D eigenvalue weighted by atomic mass is 79.9. The number of nitrogens with one attached hydrogen (secondary N) is 1. The number of hydrogen-bond acceptors (Lipinski definition) is 2. The van der Waals surface area contributed by atoms with Crippen LogP contribution in [0.1, 0.15) is 27.6 Å². The number of thiophene rings is 1. The van der Waals surface area contributed by atoms with Crippen LogP contribution in [0.25, 0.3) is 0 Å². The van der Waals surface area contributed by atoms with E-state index in [1.54, 1.807) is 11.3 Å². The van der Waals surface area contributed by atoms with Crippen LogP contribution in [0.5, 0.6) is 0 Å². The van der Waals surface area contributed by atoms with Crippen LogP contribution in [-0.2, 0) is 0 Å². The average molecular weight is 310 g/mol. The van der Waals surface area contributed by atoms with E-state index in [1.807, 2.05) is 7.05 Å². The molecule has 0 bridgehead atoms. The summed E-state index contributed by atoms with van der Waals surface area (Å²) in [5, 5.41) is 3.38. The van der Waals surface area contributed by atoms with Crippen LogP contribution >= 0.6 is 27.3 Å². The summed E-state index contributed by atoms with van der Waals surface area (Å²) in [4.78, 5) is 1.34. The van der Waals surface area contributed by atoms with E-state index in [0.717, 1.165) is 0 Å². The Balaban J connectivity index is 2.38. The molecule has 0 aliphatic rings. The average Bonchev–Trinajstić information content (AvgIpc) is 2.71. The second-order valence-electron chi connectivity index (χ2n) is 4.21. The Morgan fingerprint density at radius 3 is 2.41 bits per heavy atom. The summed E-state index contributed by atoms with van der Waals surface area (Å²) in [6.07, 6.45) is 0. The van der Waals surface area contributed by atoms with Crippen LogP contribution in [0.2, 0.25) is 0 Å². The Kier molecular flexibility index (Phi) is 4.02. The molecule has 1 nitrogen and oxygen atoms in total. The van der Waals surface area contributed by atoms with Crippen molar-refractivity contribution in [2.75, 3.05) is 7.05 Å². The van der Waals surface area contributed by atoms with Crippen LogP contribution in [0, 0.1) is 13.8 Å². The van der Waals surface area contributed by atoms with Crippen LogP contribution in [0.3, 0.4) is 0 Å². The summed E-state index contributed by atoms with van der Waals surface area (Å²) in [6, 6.07) is 11.2. The molecule has 2 rings (SSSR count). The molecule has 0 fully saturated rings. The smallest absolute Gasteiger partial charge is 0.0702 e. The van der Waals surface area contributed by atoms with Gasteiger partial charge in [-0.1, -0.05) is 18.2 Å². The van der Waals surface area contributed by atoms with E-state index in [-0.39, 0.29) is 6.04 Å². The molecule has 1 aromatic heterocycles. The summed E-state index contributed by atoms with van der Waals surface area (Å²) < 4.78 is 1.18. The van der Waals surface area contributed by atoms with E-state index in [1.165, 1.54) is 25.4 Å². The Bertz CT molecular complexity index is 519. The zero-order valence-corrected chi connectivity index (χ0v) is 12.7. The lowest BCUT2D eigenvalue weighted by Gasteiger charge is -2.16. The van der Waals surface area contributed by atoms with Gasteiger partial charge in [-0.3, -0.25) is 0 Å². The zero-order valence-electron chi connectivity index (χ0n) is 10.3. The summed E-state index contributed by atoms with van der Waals surface area (Å²) in [7, 11) is 2.01. The molecule has 1 atom stereocenters. The number of rotatable bonds is 3. The minimum absolute atomic E-state index is 0.283. The highest BCUT2D eigenvalue weighted by molar-refractivity contribution is 9.11. The molecule has 1 N–H and O–H groups in total. The molecule has 3 heteroatoms. The molecule has 17 heavy (non-hydrogen) atoms. The Morgan fingerprint density at radius 1 is 1.12 bits per heavy atom. The third-order valence-electron chi connectivity index (χ3n) is 3.03. The molecule has 0 spiro atoms. The Morgan fingerprint density at radius 2 is 1.88 bits per heavy atom. The monoisotopic (exact) mass is 309 g/mol. The molecule has 0 aliphatic heterocycles. The lowest BCUT2D eigenvalue weighted by atomic mass is 10.0. The highest BCUT2D eigenvalue weighted by Crippen LogP contribution is 2.31. The van der Waals surface area contributed by atoms with Crippen molar-refractivity contribution < 1.29 is 0 Å². The normalized spacial score (nSPS) is 12.7. The van der Waals surface area contributed by atoms with E-state index < -0.39 is 0 Å². The van der Waals surface area contributed by atoms with Crippen molar-refractivity contribution in [1.82, 2.24) is 5.32 Å². The lowest BCUT2D eigenvalue weighted by molar-refractivity contribution is 0.703. The molecule has 0 aliphatic carbocycles. The van der Waals surface area contributed by atoms with Crippen molar-refractivity contribution in [2.45, 2.75) is 19.9 Å². The molecule has 1 heterocycles. The maximum atomic E-state index is 3.52. The third-order valence-corrected chi connectivity index (χ3v) is 4.72. The van der Waals surface area contributed by atoms with Crippen molar-refractivity contribution in [1.29, 1.82) is 0 Å². The number of hydrogen-bond donors (Lipinski definition) is 1. The van der Waals surface area contributed by atoms with Crippen LogP contribution in [-0.4, -0.2) is 7.05 Å². The van der Waals surface area contributed by atoms with Crippen molar-refractivity contribution in [2.24, 2.45) is 0 Å². The van der Waals surface area contributed by atoms with Gasteiger partial charge in [-0.15, -0.1) is 11.3 Å². The summed E-state index contributed by atoms with van der Waals surface area (Å²) in [5.74, 6) is 0.